The predicted molar refractivity (Wildman–Crippen MR) is 264 cm³/mol. The Balaban J connectivity index is 0.999. The van der Waals surface area contributed by atoms with Gasteiger partial charge in [0.05, 0.1) is 16.4 Å². The first-order valence-corrected chi connectivity index (χ1v) is 21.8. The van der Waals surface area contributed by atoms with Crippen LogP contribution in [0.1, 0.15) is 22.3 Å². The Hall–Kier alpha value is -8.20. The van der Waals surface area contributed by atoms with Gasteiger partial charge in [-0.1, -0.05) is 194 Å². The van der Waals surface area contributed by atoms with E-state index in [1.807, 2.05) is 0 Å². The van der Waals surface area contributed by atoms with Gasteiger partial charge in [0.2, 0.25) is 0 Å². The molecule has 0 spiro atoms. The number of nitrogens with zero attached hydrogens (tertiary/aromatic N) is 2. The molecule has 296 valence electrons. The van der Waals surface area contributed by atoms with Crippen molar-refractivity contribution in [2.45, 2.75) is 5.41 Å². The highest BCUT2D eigenvalue weighted by atomic mass is 15.1. The predicted octanol–water partition coefficient (Wildman–Crippen LogP) is 16.0. The van der Waals surface area contributed by atoms with Crippen molar-refractivity contribution in [2.24, 2.45) is 0 Å². The van der Waals surface area contributed by atoms with Gasteiger partial charge in [0.25, 0.3) is 0 Å². The molecule has 0 amide bonds. The lowest BCUT2D eigenvalue weighted by molar-refractivity contribution is 0.767. The van der Waals surface area contributed by atoms with Crippen LogP contribution >= 0.6 is 0 Å². The average Bonchev–Trinajstić information content (AvgIpc) is 3.85. The standard InChI is InChI=1S/C61H42N2/c1-5-18-43(19-6-1)45-20-17-27-51(40-45)62(49-25-11-4-12-26-49)50-35-32-44(33-36-50)46-34-38-56-55-29-14-16-31-59(55)63(60(56)41-46)52-37-39-54-53-28-13-15-30-57(53)61(58(54)42-52,47-21-7-2-8-22-47)48-23-9-3-10-24-48/h1-42H. The van der Waals surface area contributed by atoms with Crippen LogP contribution in [0.25, 0.3) is 60.9 Å². The van der Waals surface area contributed by atoms with Gasteiger partial charge in [-0.15, -0.1) is 0 Å². The number of hydrogen-bond donors (Lipinski definition) is 0. The summed E-state index contributed by atoms with van der Waals surface area (Å²) in [6.07, 6.45) is 0. The topological polar surface area (TPSA) is 8.17 Å². The van der Waals surface area contributed by atoms with Gasteiger partial charge in [0, 0.05) is 33.5 Å². The summed E-state index contributed by atoms with van der Waals surface area (Å²) in [6.45, 7) is 0. The highest BCUT2D eigenvalue weighted by Gasteiger charge is 2.46. The fourth-order valence-electron chi connectivity index (χ4n) is 10.3. The van der Waals surface area contributed by atoms with Gasteiger partial charge >= 0.3 is 0 Å². The molecule has 0 fully saturated rings. The van der Waals surface area contributed by atoms with E-state index in [9.17, 15) is 0 Å². The van der Waals surface area contributed by atoms with Crippen LogP contribution in [0, 0.1) is 0 Å². The highest BCUT2D eigenvalue weighted by Crippen LogP contribution is 2.56. The SMILES string of the molecule is c1ccc(-c2cccc(N(c3ccccc3)c3ccc(-c4ccc5c6ccccc6n(-c6ccc7c(c6)C(c6ccccc6)(c6ccccc6)c6ccccc6-7)c5c4)cc3)c2)cc1. The minimum atomic E-state index is -0.480. The smallest absolute Gasteiger partial charge is 0.0714 e. The molecule has 0 radical (unpaired) electrons. The Morgan fingerprint density at radius 2 is 0.825 bits per heavy atom. The first kappa shape index (κ1) is 36.6. The second-order valence-electron chi connectivity index (χ2n) is 16.5. The quantitative estimate of drug-likeness (QED) is 0.149. The van der Waals surface area contributed by atoms with Crippen molar-refractivity contribution >= 4 is 38.9 Å². The lowest BCUT2D eigenvalue weighted by Crippen LogP contribution is -2.28. The molecule has 0 unspecified atom stereocenters. The lowest BCUT2D eigenvalue weighted by Gasteiger charge is -2.34. The summed E-state index contributed by atoms with van der Waals surface area (Å²) in [5.41, 5.74) is 18.8. The molecule has 0 saturated heterocycles. The van der Waals surface area contributed by atoms with Crippen LogP contribution in [0.2, 0.25) is 0 Å². The zero-order valence-electron chi connectivity index (χ0n) is 34.6. The number of aromatic nitrogens is 1. The molecule has 12 rings (SSSR count). The molecule has 1 aromatic heterocycles. The van der Waals surface area contributed by atoms with Crippen molar-refractivity contribution < 1.29 is 0 Å². The molecule has 11 aromatic rings. The lowest BCUT2D eigenvalue weighted by atomic mass is 9.67. The number of hydrogen-bond acceptors (Lipinski definition) is 1. The second kappa shape index (κ2) is 15.1. The third-order valence-corrected chi connectivity index (χ3v) is 13.1. The molecule has 0 N–H and O–H groups in total. The molecular formula is C61H42N2. The van der Waals surface area contributed by atoms with Gasteiger partial charge in [-0.3, -0.25) is 0 Å². The monoisotopic (exact) mass is 802 g/mol. The van der Waals surface area contributed by atoms with Gasteiger partial charge in [0.1, 0.15) is 0 Å². The fourth-order valence-corrected chi connectivity index (χ4v) is 10.3. The maximum atomic E-state index is 2.48. The summed E-state index contributed by atoms with van der Waals surface area (Å²) in [4.78, 5) is 2.34. The van der Waals surface area contributed by atoms with E-state index in [2.05, 4.69) is 264 Å². The highest BCUT2D eigenvalue weighted by molar-refractivity contribution is 6.10. The van der Waals surface area contributed by atoms with Crippen LogP contribution in [0.3, 0.4) is 0 Å². The zero-order chi connectivity index (χ0) is 41.7. The van der Waals surface area contributed by atoms with Gasteiger partial charge in [-0.2, -0.15) is 0 Å². The molecule has 0 saturated carbocycles. The van der Waals surface area contributed by atoms with Crippen LogP contribution in [0.15, 0.2) is 255 Å². The van der Waals surface area contributed by atoms with Gasteiger partial charge in [-0.05, 0) is 116 Å². The molecule has 0 atom stereocenters. The minimum Gasteiger partial charge on any atom is -0.310 e. The maximum Gasteiger partial charge on any atom is 0.0714 e. The van der Waals surface area contributed by atoms with Crippen LogP contribution in [0.4, 0.5) is 17.1 Å². The van der Waals surface area contributed by atoms with Crippen LogP contribution in [0.5, 0.6) is 0 Å². The maximum absolute atomic E-state index is 2.48. The third-order valence-electron chi connectivity index (χ3n) is 13.1. The molecular weight excluding hydrogens is 761 g/mol. The molecule has 1 aliphatic carbocycles. The van der Waals surface area contributed by atoms with E-state index >= 15 is 0 Å². The molecule has 0 bridgehead atoms. The molecule has 0 aliphatic heterocycles. The molecule has 2 nitrogen and oxygen atoms in total. The zero-order valence-corrected chi connectivity index (χ0v) is 34.6. The van der Waals surface area contributed by atoms with Crippen LogP contribution in [-0.2, 0) is 5.41 Å². The van der Waals surface area contributed by atoms with Crippen LogP contribution < -0.4 is 4.90 Å². The summed E-state index contributed by atoms with van der Waals surface area (Å²) >= 11 is 0. The van der Waals surface area contributed by atoms with Gasteiger partial charge < -0.3 is 9.47 Å². The van der Waals surface area contributed by atoms with E-state index in [4.69, 9.17) is 0 Å². The number of rotatable bonds is 8. The van der Waals surface area contributed by atoms with Crippen molar-refractivity contribution in [1.29, 1.82) is 0 Å². The number of benzene rings is 10. The average molecular weight is 803 g/mol. The van der Waals surface area contributed by atoms with Crippen molar-refractivity contribution in [2.75, 3.05) is 4.90 Å². The van der Waals surface area contributed by atoms with Crippen LogP contribution in [-0.4, -0.2) is 4.57 Å². The summed E-state index contributed by atoms with van der Waals surface area (Å²) < 4.78 is 2.48. The van der Waals surface area contributed by atoms with E-state index in [-0.39, 0.29) is 0 Å². The largest absolute Gasteiger partial charge is 0.310 e. The summed E-state index contributed by atoms with van der Waals surface area (Å²) in [6, 6.07) is 93.1. The summed E-state index contributed by atoms with van der Waals surface area (Å²) in [5.74, 6) is 0. The second-order valence-corrected chi connectivity index (χ2v) is 16.5. The first-order valence-electron chi connectivity index (χ1n) is 21.8. The summed E-state index contributed by atoms with van der Waals surface area (Å²) in [5, 5.41) is 2.48. The Labute approximate surface area is 368 Å². The van der Waals surface area contributed by atoms with E-state index in [0.717, 1.165) is 22.7 Å². The number of anilines is 3. The van der Waals surface area contributed by atoms with Gasteiger partial charge in [0.15, 0.2) is 0 Å². The fraction of sp³-hybridized carbons (Fsp3) is 0.0164. The summed E-state index contributed by atoms with van der Waals surface area (Å²) in [7, 11) is 0. The van der Waals surface area contributed by atoms with E-state index in [1.54, 1.807) is 0 Å². The normalized spacial score (nSPS) is 12.6. The van der Waals surface area contributed by atoms with E-state index < -0.39 is 5.41 Å². The van der Waals surface area contributed by atoms with Crippen molar-refractivity contribution in [3.05, 3.63) is 277 Å². The molecule has 63 heavy (non-hydrogen) atoms. The molecule has 2 heteroatoms. The number of fused-ring (bicyclic) bond motifs is 6. The third kappa shape index (κ3) is 5.95. The molecule has 1 aliphatic rings. The van der Waals surface area contributed by atoms with Crippen molar-refractivity contribution in [3.8, 4) is 39.1 Å². The minimum absolute atomic E-state index is 0.480. The van der Waals surface area contributed by atoms with Crippen molar-refractivity contribution in [1.82, 2.24) is 4.57 Å². The Morgan fingerprint density at radius 1 is 0.302 bits per heavy atom. The number of para-hydroxylation sites is 2. The van der Waals surface area contributed by atoms with E-state index in [0.29, 0.717) is 0 Å². The first-order chi connectivity index (χ1) is 31.3. The molecule has 1 heterocycles. The Kier molecular flexibility index (Phi) is 8.76. The molecule has 10 aromatic carbocycles. The van der Waals surface area contributed by atoms with Crippen molar-refractivity contribution in [3.63, 3.8) is 0 Å². The Bertz CT molecular complexity index is 3380. The van der Waals surface area contributed by atoms with E-state index in [1.165, 1.54) is 77.4 Å². The Morgan fingerprint density at radius 3 is 1.57 bits per heavy atom. The van der Waals surface area contributed by atoms with Gasteiger partial charge in [-0.25, -0.2) is 0 Å².